The minimum absolute atomic E-state index is 0.0964. The van der Waals surface area contributed by atoms with E-state index in [0.29, 0.717) is 46.9 Å². The van der Waals surface area contributed by atoms with E-state index >= 15 is 0 Å². The lowest BCUT2D eigenvalue weighted by Crippen LogP contribution is -2.41. The van der Waals surface area contributed by atoms with E-state index in [0.717, 1.165) is 16.5 Å². The van der Waals surface area contributed by atoms with E-state index in [1.807, 2.05) is 6.20 Å². The van der Waals surface area contributed by atoms with Crippen LogP contribution in [0.15, 0.2) is 54.7 Å². The number of aliphatic carboxylic acids is 1. The first-order valence-corrected chi connectivity index (χ1v) is 12.9. The summed E-state index contributed by atoms with van der Waals surface area (Å²) in [5.41, 5.74) is 15.6. The van der Waals surface area contributed by atoms with Gasteiger partial charge in [-0.25, -0.2) is 4.79 Å². The quantitative estimate of drug-likeness (QED) is 0.121. The van der Waals surface area contributed by atoms with Gasteiger partial charge in [0.25, 0.3) is 5.91 Å². The first-order chi connectivity index (χ1) is 20.3. The molecule has 9 N–H and O–H groups in total. The normalized spacial score (nSPS) is 11.7. The van der Waals surface area contributed by atoms with Crippen LogP contribution in [0.25, 0.3) is 22.4 Å². The van der Waals surface area contributed by atoms with E-state index in [1.165, 1.54) is 0 Å². The third kappa shape index (κ3) is 6.47. The van der Waals surface area contributed by atoms with Gasteiger partial charge in [-0.1, -0.05) is 24.3 Å². The number of tetrazole rings is 1. The monoisotopic (exact) mass is 569 g/mol. The lowest BCUT2D eigenvalue weighted by molar-refractivity contribution is -0.139. The van der Waals surface area contributed by atoms with Gasteiger partial charge < -0.3 is 32.2 Å². The van der Waals surface area contributed by atoms with Crippen molar-refractivity contribution in [2.45, 2.75) is 31.7 Å². The van der Waals surface area contributed by atoms with Gasteiger partial charge in [-0.2, -0.15) is 15.2 Å². The van der Waals surface area contributed by atoms with Crippen molar-refractivity contribution in [1.82, 2.24) is 40.9 Å². The lowest BCUT2D eigenvalue weighted by atomic mass is 10.0. The number of carbonyl (C=O) groups is 3. The molecule has 5 aromatic rings. The molecule has 0 bridgehead atoms. The number of fused-ring (bicyclic) bond motifs is 1. The number of carbonyl (C=O) groups excluding carboxylic acids is 2. The minimum atomic E-state index is -1.25. The average molecular weight is 570 g/mol. The zero-order chi connectivity index (χ0) is 29.6. The first-order valence-electron chi connectivity index (χ1n) is 12.9. The summed E-state index contributed by atoms with van der Waals surface area (Å²) in [6.45, 7) is 0. The van der Waals surface area contributed by atoms with Crippen molar-refractivity contribution < 1.29 is 19.5 Å². The molecule has 0 fully saturated rings. The number of hydrogen-bond donors (Lipinski definition) is 7. The number of amides is 2. The summed E-state index contributed by atoms with van der Waals surface area (Å²) in [5, 5.41) is 29.2. The SMILES string of the molecule is Nc1nc(N)c2c(CCc3ccc(C(=O)N[C@@H](CCC(=O)Nc4cccc(-c5nn[nH]n5)c4)C(=O)O)cc3)c[nH]c2n1. The van der Waals surface area contributed by atoms with Crippen LogP contribution in [0.4, 0.5) is 17.5 Å². The Morgan fingerprint density at radius 3 is 2.57 bits per heavy atom. The first kappa shape index (κ1) is 27.7. The number of H-pyrrole nitrogens is 2. The number of nitrogens with one attached hydrogen (secondary N) is 4. The smallest absolute Gasteiger partial charge is 0.326 e. The number of nitrogens with two attached hydrogens (primary N) is 2. The molecule has 2 aromatic carbocycles. The molecule has 0 saturated carbocycles. The molecule has 0 unspecified atom stereocenters. The summed E-state index contributed by atoms with van der Waals surface area (Å²) in [7, 11) is 0. The molecule has 42 heavy (non-hydrogen) atoms. The molecule has 3 aromatic heterocycles. The average Bonchev–Trinajstić information content (AvgIpc) is 3.65. The maximum atomic E-state index is 12.8. The molecule has 3 heterocycles. The fraction of sp³-hybridized carbons (Fsp3) is 0.185. The highest BCUT2D eigenvalue weighted by molar-refractivity contribution is 5.97. The van der Waals surface area contributed by atoms with Crippen LogP contribution in [0.5, 0.6) is 0 Å². The molecule has 5 rings (SSSR count). The summed E-state index contributed by atoms with van der Waals surface area (Å²) in [6, 6.07) is 12.4. The van der Waals surface area contributed by atoms with Crippen molar-refractivity contribution in [1.29, 1.82) is 0 Å². The summed E-state index contributed by atoms with van der Waals surface area (Å²) < 4.78 is 0. The maximum Gasteiger partial charge on any atom is 0.326 e. The van der Waals surface area contributed by atoms with Crippen LogP contribution in [0.3, 0.4) is 0 Å². The molecule has 1 atom stereocenters. The zero-order valence-electron chi connectivity index (χ0n) is 22.2. The second-order valence-corrected chi connectivity index (χ2v) is 9.47. The minimum Gasteiger partial charge on any atom is -0.480 e. The van der Waals surface area contributed by atoms with Crippen LogP contribution in [-0.4, -0.2) is 64.5 Å². The van der Waals surface area contributed by atoms with Gasteiger partial charge in [-0.05, 0) is 59.9 Å². The Morgan fingerprint density at radius 2 is 1.83 bits per heavy atom. The summed E-state index contributed by atoms with van der Waals surface area (Å²) in [5.74, 6) is -1.43. The van der Waals surface area contributed by atoms with Gasteiger partial charge in [0.15, 0.2) is 0 Å². The molecule has 0 aliphatic rings. The molecule has 0 saturated heterocycles. The second-order valence-electron chi connectivity index (χ2n) is 9.47. The third-order valence-corrected chi connectivity index (χ3v) is 6.57. The fourth-order valence-corrected chi connectivity index (χ4v) is 4.46. The van der Waals surface area contributed by atoms with Gasteiger partial charge in [0, 0.05) is 29.4 Å². The van der Waals surface area contributed by atoms with E-state index in [4.69, 9.17) is 11.5 Å². The molecule has 2 amide bonds. The number of anilines is 3. The Labute approximate surface area is 238 Å². The van der Waals surface area contributed by atoms with Crippen LogP contribution in [0.1, 0.15) is 34.3 Å². The summed E-state index contributed by atoms with van der Waals surface area (Å²) in [6.07, 6.45) is 2.89. The molecule has 0 aliphatic carbocycles. The molecule has 214 valence electrons. The van der Waals surface area contributed by atoms with E-state index in [1.54, 1.807) is 48.5 Å². The highest BCUT2D eigenvalue weighted by atomic mass is 16.4. The van der Waals surface area contributed by atoms with Crippen LogP contribution >= 0.6 is 0 Å². The van der Waals surface area contributed by atoms with Gasteiger partial charge >= 0.3 is 5.97 Å². The number of nitrogen functional groups attached to an aromatic ring is 2. The van der Waals surface area contributed by atoms with Crippen molar-refractivity contribution in [2.24, 2.45) is 0 Å². The van der Waals surface area contributed by atoms with Crippen LogP contribution in [-0.2, 0) is 22.4 Å². The number of benzene rings is 2. The van der Waals surface area contributed by atoms with Crippen molar-refractivity contribution in [3.8, 4) is 11.4 Å². The number of aromatic amines is 2. The van der Waals surface area contributed by atoms with Crippen molar-refractivity contribution in [2.75, 3.05) is 16.8 Å². The number of aromatic nitrogens is 7. The Balaban J connectivity index is 1.13. The Kier molecular flexibility index (Phi) is 7.99. The van der Waals surface area contributed by atoms with E-state index in [2.05, 4.69) is 46.2 Å². The highest BCUT2D eigenvalue weighted by Gasteiger charge is 2.22. The van der Waals surface area contributed by atoms with Crippen molar-refractivity contribution in [3.05, 3.63) is 71.4 Å². The second kappa shape index (κ2) is 12.1. The maximum absolute atomic E-state index is 12.8. The largest absolute Gasteiger partial charge is 0.480 e. The number of hydrogen-bond acceptors (Lipinski definition) is 10. The van der Waals surface area contributed by atoms with Crippen LogP contribution in [0, 0.1) is 0 Å². The molecule has 0 spiro atoms. The third-order valence-electron chi connectivity index (χ3n) is 6.57. The lowest BCUT2D eigenvalue weighted by Gasteiger charge is -2.15. The Morgan fingerprint density at radius 1 is 1.02 bits per heavy atom. The molecular formula is C27H27N11O4. The van der Waals surface area contributed by atoms with Gasteiger partial charge in [0.2, 0.25) is 17.7 Å². The molecule has 0 radical (unpaired) electrons. The van der Waals surface area contributed by atoms with Gasteiger partial charge in [-0.3, -0.25) is 9.59 Å². The van der Waals surface area contributed by atoms with Gasteiger partial charge in [0.1, 0.15) is 17.5 Å². The topological polar surface area (TPSA) is 244 Å². The van der Waals surface area contributed by atoms with Crippen molar-refractivity contribution >= 4 is 46.3 Å². The Bertz CT molecular complexity index is 1730. The predicted octanol–water partition coefficient (Wildman–Crippen LogP) is 1.69. The standard InChI is InChI=1S/C27H27N11O4/c28-22-21-17(13-30-24(21)34-27(29)33-22)9-6-14-4-7-15(8-5-14)25(40)32-19(26(41)42)10-11-20(39)31-18-3-1-2-16(12-18)23-35-37-38-36-23/h1-5,7-8,12-13,19H,6,9-11H2,(H,31,39)(H,32,40)(H,41,42)(H,35,36,37,38)(H5,28,29,30,33,34)/t19-/m0/s1. The zero-order valence-corrected chi connectivity index (χ0v) is 22.2. The van der Waals surface area contributed by atoms with Gasteiger partial charge in [0.05, 0.1) is 5.39 Å². The van der Waals surface area contributed by atoms with E-state index in [9.17, 15) is 19.5 Å². The van der Waals surface area contributed by atoms with Gasteiger partial charge in [-0.15, -0.1) is 10.2 Å². The molecular weight excluding hydrogens is 542 g/mol. The number of rotatable bonds is 11. The van der Waals surface area contributed by atoms with Crippen molar-refractivity contribution in [3.63, 3.8) is 0 Å². The summed E-state index contributed by atoms with van der Waals surface area (Å²) in [4.78, 5) is 48.3. The number of aryl methyl sites for hydroxylation is 2. The fourth-order valence-electron chi connectivity index (χ4n) is 4.46. The molecule has 15 heteroatoms. The number of nitrogens with zero attached hydrogens (tertiary/aromatic N) is 5. The molecule has 0 aliphatic heterocycles. The summed E-state index contributed by atoms with van der Waals surface area (Å²) >= 11 is 0. The predicted molar refractivity (Wildman–Crippen MR) is 153 cm³/mol. The number of carboxylic acids is 1. The van der Waals surface area contributed by atoms with Crippen LogP contribution < -0.4 is 22.1 Å². The molecule has 15 nitrogen and oxygen atoms in total. The van der Waals surface area contributed by atoms with E-state index < -0.39 is 23.8 Å². The van der Waals surface area contributed by atoms with Crippen LogP contribution in [0.2, 0.25) is 0 Å². The number of carboxylic acid groups (broad SMARTS) is 1. The highest BCUT2D eigenvalue weighted by Crippen LogP contribution is 2.24. The Hall–Kier alpha value is -5.86. The van der Waals surface area contributed by atoms with E-state index in [-0.39, 0.29) is 18.8 Å².